The number of aliphatic hydroxyl groups excluding tert-OH is 1. The maximum absolute atomic E-state index is 13.2. The highest BCUT2D eigenvalue weighted by Gasteiger charge is 2.72. The van der Waals surface area contributed by atoms with E-state index in [0.717, 1.165) is 69.8 Å². The first-order valence-corrected chi connectivity index (χ1v) is 18.8. The Hall–Kier alpha value is -2.55. The molecule has 5 aliphatic carbocycles. The number of esters is 3. The van der Waals surface area contributed by atoms with E-state index in [4.69, 9.17) is 14.2 Å². The third-order valence-electron chi connectivity index (χ3n) is 15.9. The third-order valence-corrected chi connectivity index (χ3v) is 15.9. The Morgan fingerprint density at radius 1 is 0.918 bits per heavy atom. The van der Waals surface area contributed by atoms with Crippen LogP contribution in [0.4, 0.5) is 0 Å². The van der Waals surface area contributed by atoms with Crippen molar-refractivity contribution in [3.05, 3.63) is 23.4 Å². The van der Waals surface area contributed by atoms with E-state index in [2.05, 4.69) is 58.3 Å². The summed E-state index contributed by atoms with van der Waals surface area (Å²) < 4.78 is 16.3. The van der Waals surface area contributed by atoms with E-state index in [1.165, 1.54) is 14.0 Å². The number of fused-ring (bicyclic) bond motifs is 7. The van der Waals surface area contributed by atoms with Crippen LogP contribution in [0.3, 0.4) is 0 Å². The number of methoxy groups -OCH3 is 1. The number of hydrogen-bond donors (Lipinski definition) is 1. The molecule has 0 aromatic heterocycles. The van der Waals surface area contributed by atoms with Crippen molar-refractivity contribution in [2.45, 2.75) is 138 Å². The van der Waals surface area contributed by atoms with Gasteiger partial charge in [-0.05, 0) is 124 Å². The molecule has 1 N–H and O–H groups in total. The lowest BCUT2D eigenvalue weighted by atomic mass is 9.32. The van der Waals surface area contributed by atoms with Crippen LogP contribution >= 0.6 is 0 Å². The molecule has 49 heavy (non-hydrogen) atoms. The molecular weight excluding hydrogens is 620 g/mol. The van der Waals surface area contributed by atoms with Crippen molar-refractivity contribution in [1.82, 2.24) is 0 Å². The largest absolute Gasteiger partial charge is 0.466 e. The average molecular weight is 681 g/mol. The fourth-order valence-electron chi connectivity index (χ4n) is 13.6. The van der Waals surface area contributed by atoms with Gasteiger partial charge in [-0.2, -0.15) is 10.2 Å². The molecule has 0 saturated heterocycles. The summed E-state index contributed by atoms with van der Waals surface area (Å²) >= 11 is 0. The molecule has 6 aliphatic rings. The summed E-state index contributed by atoms with van der Waals surface area (Å²) in [7, 11) is 1.28. The number of rotatable bonds is 7. The first-order valence-electron chi connectivity index (χ1n) is 18.8. The number of carbonyl (C=O) groups is 3. The average Bonchev–Trinajstić information content (AvgIpc) is 3.66. The SMILES string of the molecule is C=C(C)[C@@H]1CC[C@]2([C@H](O)C3=C(C(=O)OC)C(C(=O)OCC)N=N3)CC[C@]3(C)[C@H](CC[C@@H]4[C@@]5(C)CC[C@H](OC(C)=O)C(C)(C)[C@@H]5CC[C@]43C)[C@@H]12. The summed E-state index contributed by atoms with van der Waals surface area (Å²) in [4.78, 5) is 38.1. The van der Waals surface area contributed by atoms with Gasteiger partial charge in [0, 0.05) is 17.8 Å². The molecule has 9 nitrogen and oxygen atoms in total. The molecule has 0 spiro atoms. The van der Waals surface area contributed by atoms with Gasteiger partial charge >= 0.3 is 17.9 Å². The first kappa shape index (κ1) is 36.2. The van der Waals surface area contributed by atoms with Gasteiger partial charge in [-0.1, -0.05) is 46.8 Å². The van der Waals surface area contributed by atoms with Crippen molar-refractivity contribution in [3.63, 3.8) is 0 Å². The van der Waals surface area contributed by atoms with E-state index >= 15 is 0 Å². The normalized spacial score (nSPS) is 44.2. The molecule has 6 rings (SSSR count). The lowest BCUT2D eigenvalue weighted by Crippen LogP contribution is -2.67. The fraction of sp³-hybridized carbons (Fsp3) is 0.825. The molecule has 1 aliphatic heterocycles. The van der Waals surface area contributed by atoms with Gasteiger partial charge in [-0.15, -0.1) is 0 Å². The van der Waals surface area contributed by atoms with Gasteiger partial charge in [-0.25, -0.2) is 9.59 Å². The van der Waals surface area contributed by atoms with Crippen LogP contribution in [0.1, 0.15) is 120 Å². The van der Waals surface area contributed by atoms with Crippen LogP contribution in [0, 0.1) is 56.7 Å². The zero-order chi connectivity index (χ0) is 35.9. The molecular formula is C40H60N2O7. The molecule has 5 saturated carbocycles. The summed E-state index contributed by atoms with van der Waals surface area (Å²) in [5.74, 6) is 0.217. The van der Waals surface area contributed by atoms with Gasteiger partial charge in [0.05, 0.1) is 13.7 Å². The van der Waals surface area contributed by atoms with E-state index in [9.17, 15) is 19.5 Å². The molecule has 12 atom stereocenters. The van der Waals surface area contributed by atoms with Crippen molar-refractivity contribution in [3.8, 4) is 0 Å². The molecule has 5 fully saturated rings. The second kappa shape index (κ2) is 12.3. The molecule has 9 heteroatoms. The fourth-order valence-corrected chi connectivity index (χ4v) is 13.6. The molecule has 0 amide bonds. The minimum Gasteiger partial charge on any atom is -0.466 e. The lowest BCUT2D eigenvalue weighted by Gasteiger charge is -2.73. The van der Waals surface area contributed by atoms with Gasteiger partial charge in [0.25, 0.3) is 0 Å². The summed E-state index contributed by atoms with van der Waals surface area (Å²) in [6.07, 6.45) is 8.80. The molecule has 272 valence electrons. The topological polar surface area (TPSA) is 124 Å². The Morgan fingerprint density at radius 3 is 2.27 bits per heavy atom. The molecule has 0 radical (unpaired) electrons. The van der Waals surface area contributed by atoms with Crippen molar-refractivity contribution >= 4 is 17.9 Å². The van der Waals surface area contributed by atoms with E-state index in [1.54, 1.807) is 6.92 Å². The zero-order valence-corrected chi connectivity index (χ0v) is 31.4. The Kier molecular flexibility index (Phi) is 9.10. The van der Waals surface area contributed by atoms with Crippen molar-refractivity contribution in [2.24, 2.45) is 66.9 Å². The molecule has 0 aromatic carbocycles. The van der Waals surface area contributed by atoms with Crippen molar-refractivity contribution < 1.29 is 33.7 Å². The summed E-state index contributed by atoms with van der Waals surface area (Å²) in [6.45, 7) is 22.3. The lowest BCUT2D eigenvalue weighted by molar-refractivity contribution is -0.254. The highest BCUT2D eigenvalue weighted by atomic mass is 16.5. The van der Waals surface area contributed by atoms with Crippen LogP contribution in [-0.2, 0) is 28.6 Å². The van der Waals surface area contributed by atoms with Crippen LogP contribution in [0.25, 0.3) is 0 Å². The highest BCUT2D eigenvalue weighted by Crippen LogP contribution is 2.78. The van der Waals surface area contributed by atoms with Gasteiger partial charge in [0.2, 0.25) is 6.04 Å². The van der Waals surface area contributed by atoms with Crippen LogP contribution in [0.5, 0.6) is 0 Å². The number of nitrogens with zero attached hydrogens (tertiary/aromatic N) is 2. The summed E-state index contributed by atoms with van der Waals surface area (Å²) in [5.41, 5.74) is 0.979. The second-order valence-electron chi connectivity index (χ2n) is 17.9. The van der Waals surface area contributed by atoms with Gasteiger partial charge in [0.15, 0.2) is 0 Å². The van der Waals surface area contributed by atoms with E-state index < -0.39 is 29.5 Å². The minimum atomic E-state index is -1.23. The molecule has 0 aromatic rings. The second-order valence-corrected chi connectivity index (χ2v) is 17.9. The minimum absolute atomic E-state index is 0.00238. The highest BCUT2D eigenvalue weighted by molar-refractivity contribution is 5.99. The number of aliphatic hydroxyl groups is 1. The van der Waals surface area contributed by atoms with E-state index in [1.807, 2.05) is 0 Å². The maximum atomic E-state index is 13.2. The Balaban J connectivity index is 1.38. The van der Waals surface area contributed by atoms with Crippen LogP contribution in [-0.4, -0.2) is 55.0 Å². The number of hydrogen-bond acceptors (Lipinski definition) is 9. The van der Waals surface area contributed by atoms with Crippen LogP contribution in [0.15, 0.2) is 33.7 Å². The van der Waals surface area contributed by atoms with Gasteiger partial charge < -0.3 is 19.3 Å². The number of carbonyl (C=O) groups excluding carboxylic acids is 3. The smallest absolute Gasteiger partial charge is 0.338 e. The molecule has 1 unspecified atom stereocenters. The number of allylic oxidation sites excluding steroid dienone is 1. The first-order chi connectivity index (χ1) is 22.9. The van der Waals surface area contributed by atoms with Crippen molar-refractivity contribution in [1.29, 1.82) is 0 Å². The third kappa shape index (κ3) is 5.04. The molecule has 1 heterocycles. The Labute approximate surface area is 293 Å². The van der Waals surface area contributed by atoms with Crippen LogP contribution < -0.4 is 0 Å². The predicted molar refractivity (Wildman–Crippen MR) is 185 cm³/mol. The summed E-state index contributed by atoms with van der Waals surface area (Å²) in [6, 6.07) is -1.23. The number of ether oxygens (including phenoxy) is 3. The molecule has 0 bridgehead atoms. The van der Waals surface area contributed by atoms with E-state index in [0.29, 0.717) is 17.8 Å². The van der Waals surface area contributed by atoms with Crippen LogP contribution in [0.2, 0.25) is 0 Å². The van der Waals surface area contributed by atoms with E-state index in [-0.39, 0.29) is 63.4 Å². The monoisotopic (exact) mass is 680 g/mol. The Bertz CT molecular complexity index is 1470. The number of azo groups is 1. The zero-order valence-electron chi connectivity index (χ0n) is 31.4. The van der Waals surface area contributed by atoms with Gasteiger partial charge in [-0.3, -0.25) is 4.79 Å². The van der Waals surface area contributed by atoms with Gasteiger partial charge in [0.1, 0.15) is 23.5 Å². The van der Waals surface area contributed by atoms with Crippen molar-refractivity contribution in [2.75, 3.05) is 13.7 Å². The Morgan fingerprint density at radius 2 is 1.63 bits per heavy atom. The predicted octanol–water partition coefficient (Wildman–Crippen LogP) is 7.76. The maximum Gasteiger partial charge on any atom is 0.338 e. The standard InChI is InChI=1S/C40H60N2O7/c1-11-48-35(46)32-29(34(45)47-10)31(41-42-32)33(44)40-19-14-24(22(2)3)30(40)25-12-13-27-37(7)17-16-28(49-23(4)43)36(5,6)26(37)15-18-39(27,9)38(25,8)20-21-40/h24-28,30,32-33,44H,2,11-21H2,1,3-10H3/t24-,25+,26-,27+,28-,30+,32?,33+,37-,38+,39+,40-/m0/s1. The quantitative estimate of drug-likeness (QED) is 0.166. The summed E-state index contributed by atoms with van der Waals surface area (Å²) in [5, 5.41) is 21.1.